The van der Waals surface area contributed by atoms with Crippen LogP contribution in [0.4, 0.5) is 0 Å². The third-order valence-electron chi connectivity index (χ3n) is 2.32. The van der Waals surface area contributed by atoms with Gasteiger partial charge in [-0.25, -0.2) is 0 Å². The van der Waals surface area contributed by atoms with Crippen LogP contribution in [0.1, 0.15) is 12.8 Å². The van der Waals surface area contributed by atoms with Gasteiger partial charge < -0.3 is 16.4 Å². The molecule has 1 fully saturated rings. The summed E-state index contributed by atoms with van der Waals surface area (Å²) in [5.74, 6) is 0.999. The molecule has 1 aliphatic rings. The van der Waals surface area contributed by atoms with Gasteiger partial charge in [-0.15, -0.1) is 24.0 Å². The quantitative estimate of drug-likeness (QED) is 0.445. The number of guanidine groups is 1. The summed E-state index contributed by atoms with van der Waals surface area (Å²) >= 11 is 0. The average Bonchev–Trinajstić information content (AvgIpc) is 2.35. The van der Waals surface area contributed by atoms with E-state index in [0.717, 1.165) is 18.9 Å². The van der Waals surface area contributed by atoms with Crippen LogP contribution >= 0.6 is 24.0 Å². The van der Waals surface area contributed by atoms with Crippen LogP contribution in [-0.4, -0.2) is 37.5 Å². The minimum absolute atomic E-state index is 0. The number of aliphatic imine (C=N–C) groups is 1. The van der Waals surface area contributed by atoms with Crippen LogP contribution in [0.15, 0.2) is 4.99 Å². The first-order valence-corrected chi connectivity index (χ1v) is 4.42. The van der Waals surface area contributed by atoms with Crippen molar-refractivity contribution < 1.29 is 0 Å². The van der Waals surface area contributed by atoms with Crippen molar-refractivity contribution in [2.75, 3.05) is 26.7 Å². The molecule has 0 bridgehead atoms. The van der Waals surface area contributed by atoms with Crippen LogP contribution in [-0.2, 0) is 0 Å². The van der Waals surface area contributed by atoms with Crippen molar-refractivity contribution in [1.82, 2.24) is 4.90 Å². The lowest BCUT2D eigenvalue weighted by Gasteiger charge is -2.07. The highest BCUT2D eigenvalue weighted by molar-refractivity contribution is 14.0. The van der Waals surface area contributed by atoms with E-state index in [-0.39, 0.29) is 29.9 Å². The zero-order valence-electron chi connectivity index (χ0n) is 8.07. The number of rotatable bonds is 3. The van der Waals surface area contributed by atoms with E-state index in [0.29, 0.717) is 0 Å². The molecule has 1 unspecified atom stereocenters. The van der Waals surface area contributed by atoms with E-state index < -0.39 is 0 Å². The molecule has 78 valence electrons. The highest BCUT2D eigenvalue weighted by Crippen LogP contribution is 2.17. The van der Waals surface area contributed by atoms with Crippen LogP contribution in [0.5, 0.6) is 0 Å². The zero-order valence-corrected chi connectivity index (χ0v) is 10.4. The molecule has 4 nitrogen and oxygen atoms in total. The molecule has 0 radical (unpaired) electrons. The van der Waals surface area contributed by atoms with Gasteiger partial charge in [0.2, 0.25) is 0 Å². The fraction of sp³-hybridized carbons (Fsp3) is 0.875. The van der Waals surface area contributed by atoms with Crippen LogP contribution < -0.4 is 11.5 Å². The molecular formula is C8H19IN4. The lowest BCUT2D eigenvalue weighted by molar-refractivity contribution is 0.389. The topological polar surface area (TPSA) is 67.6 Å². The standard InChI is InChI=1S/C8H18N4.HI/c1-12-5-3-7(6-12)2-4-11-8(9)10;/h7H,2-6H2,1H3,(H4,9,10,11);1H. The first-order valence-electron chi connectivity index (χ1n) is 4.42. The molecular weight excluding hydrogens is 279 g/mol. The number of hydrogen-bond acceptors (Lipinski definition) is 2. The monoisotopic (exact) mass is 298 g/mol. The predicted octanol–water partition coefficient (Wildman–Crippen LogP) is 0.220. The highest BCUT2D eigenvalue weighted by Gasteiger charge is 2.18. The molecule has 0 amide bonds. The fourth-order valence-corrected chi connectivity index (χ4v) is 1.64. The van der Waals surface area contributed by atoms with Gasteiger partial charge in [-0.1, -0.05) is 0 Å². The molecule has 0 aromatic carbocycles. The smallest absolute Gasteiger partial charge is 0.185 e. The molecule has 1 aliphatic heterocycles. The molecule has 5 heteroatoms. The Kier molecular flexibility index (Phi) is 6.40. The summed E-state index contributed by atoms with van der Waals surface area (Å²) in [4.78, 5) is 6.31. The van der Waals surface area contributed by atoms with Gasteiger partial charge in [0.25, 0.3) is 0 Å². The molecule has 1 atom stereocenters. The molecule has 0 saturated carbocycles. The first kappa shape index (κ1) is 13.0. The van der Waals surface area contributed by atoms with Gasteiger partial charge in [-0.2, -0.15) is 0 Å². The average molecular weight is 298 g/mol. The SMILES string of the molecule is CN1CCC(CCN=C(N)N)C1.I. The van der Waals surface area contributed by atoms with Crippen molar-refractivity contribution in [3.05, 3.63) is 0 Å². The number of hydrogen-bond donors (Lipinski definition) is 2. The van der Waals surface area contributed by atoms with Gasteiger partial charge in [0.15, 0.2) is 5.96 Å². The lowest BCUT2D eigenvalue weighted by atomic mass is 10.1. The Morgan fingerprint density at radius 2 is 2.23 bits per heavy atom. The Hall–Kier alpha value is -0.0400. The first-order chi connectivity index (χ1) is 5.68. The molecule has 1 heterocycles. The summed E-state index contributed by atoms with van der Waals surface area (Å²) < 4.78 is 0. The maximum absolute atomic E-state index is 5.22. The van der Waals surface area contributed by atoms with Crippen molar-refractivity contribution in [1.29, 1.82) is 0 Å². The number of likely N-dealkylation sites (tertiary alicyclic amines) is 1. The minimum atomic E-state index is 0. The van der Waals surface area contributed by atoms with E-state index >= 15 is 0 Å². The molecule has 0 aliphatic carbocycles. The Morgan fingerprint density at radius 3 is 2.69 bits per heavy atom. The highest BCUT2D eigenvalue weighted by atomic mass is 127. The molecule has 1 rings (SSSR count). The summed E-state index contributed by atoms with van der Waals surface area (Å²) in [5.41, 5.74) is 10.4. The minimum Gasteiger partial charge on any atom is -0.370 e. The molecule has 0 aromatic heterocycles. The number of nitrogens with two attached hydrogens (primary N) is 2. The van der Waals surface area contributed by atoms with E-state index in [2.05, 4.69) is 16.9 Å². The van der Waals surface area contributed by atoms with Crippen LogP contribution in [0.2, 0.25) is 0 Å². The Labute approximate surface area is 96.8 Å². The maximum atomic E-state index is 5.22. The molecule has 1 saturated heterocycles. The Bertz CT molecular complexity index is 168. The van der Waals surface area contributed by atoms with Gasteiger partial charge >= 0.3 is 0 Å². The van der Waals surface area contributed by atoms with Gasteiger partial charge in [0.1, 0.15) is 0 Å². The molecule has 13 heavy (non-hydrogen) atoms. The second kappa shape index (κ2) is 6.42. The van der Waals surface area contributed by atoms with Crippen LogP contribution in [0.3, 0.4) is 0 Å². The number of nitrogens with zero attached hydrogens (tertiary/aromatic N) is 2. The summed E-state index contributed by atoms with van der Waals surface area (Å²) in [6, 6.07) is 0. The van der Waals surface area contributed by atoms with Gasteiger partial charge in [-0.3, -0.25) is 4.99 Å². The molecule has 4 N–H and O–H groups in total. The molecule has 0 aromatic rings. The van der Waals surface area contributed by atoms with E-state index in [9.17, 15) is 0 Å². The van der Waals surface area contributed by atoms with E-state index in [1.165, 1.54) is 19.5 Å². The van der Waals surface area contributed by atoms with Crippen molar-refractivity contribution in [2.24, 2.45) is 22.4 Å². The van der Waals surface area contributed by atoms with Gasteiger partial charge in [0.05, 0.1) is 0 Å². The Balaban J connectivity index is 0.00000144. The van der Waals surface area contributed by atoms with Crippen molar-refractivity contribution in [3.63, 3.8) is 0 Å². The van der Waals surface area contributed by atoms with Crippen molar-refractivity contribution in [2.45, 2.75) is 12.8 Å². The Morgan fingerprint density at radius 1 is 1.54 bits per heavy atom. The lowest BCUT2D eigenvalue weighted by Crippen LogP contribution is -2.23. The van der Waals surface area contributed by atoms with Crippen molar-refractivity contribution >= 4 is 29.9 Å². The largest absolute Gasteiger partial charge is 0.370 e. The fourth-order valence-electron chi connectivity index (χ4n) is 1.64. The normalized spacial score (nSPS) is 22.4. The summed E-state index contributed by atoms with van der Waals surface area (Å²) in [7, 11) is 2.15. The third kappa shape index (κ3) is 5.30. The summed E-state index contributed by atoms with van der Waals surface area (Å²) in [6.45, 7) is 3.19. The maximum Gasteiger partial charge on any atom is 0.185 e. The second-order valence-corrected chi connectivity index (χ2v) is 3.51. The van der Waals surface area contributed by atoms with Gasteiger partial charge in [-0.05, 0) is 32.4 Å². The van der Waals surface area contributed by atoms with Gasteiger partial charge in [0, 0.05) is 13.1 Å². The molecule has 0 spiro atoms. The van der Waals surface area contributed by atoms with E-state index in [1.54, 1.807) is 0 Å². The van der Waals surface area contributed by atoms with E-state index in [1.807, 2.05) is 0 Å². The summed E-state index contributed by atoms with van der Waals surface area (Å²) in [5, 5.41) is 0. The van der Waals surface area contributed by atoms with E-state index in [4.69, 9.17) is 11.5 Å². The summed E-state index contributed by atoms with van der Waals surface area (Å²) in [6.07, 6.45) is 2.40. The van der Waals surface area contributed by atoms with Crippen LogP contribution in [0.25, 0.3) is 0 Å². The van der Waals surface area contributed by atoms with Crippen LogP contribution in [0, 0.1) is 5.92 Å². The number of halogens is 1. The van der Waals surface area contributed by atoms with Crippen molar-refractivity contribution in [3.8, 4) is 0 Å². The second-order valence-electron chi connectivity index (χ2n) is 3.51. The third-order valence-corrected chi connectivity index (χ3v) is 2.32. The zero-order chi connectivity index (χ0) is 8.97. The predicted molar refractivity (Wildman–Crippen MR) is 66.3 cm³/mol.